The number of methoxy groups -OCH3 is 2. The van der Waals surface area contributed by atoms with Crippen molar-refractivity contribution in [3.05, 3.63) is 35.0 Å². The average Bonchev–Trinajstić information content (AvgIpc) is 3.08. The second-order valence-electron chi connectivity index (χ2n) is 7.67. The number of benzene rings is 1. The molecule has 4 rings (SSSR count). The molecule has 150 valence electrons. The Morgan fingerprint density at radius 1 is 1.00 bits per heavy atom. The summed E-state index contributed by atoms with van der Waals surface area (Å²) in [6.45, 7) is 0.500. The third-order valence-corrected chi connectivity index (χ3v) is 6.11. The van der Waals surface area contributed by atoms with Crippen LogP contribution in [0.1, 0.15) is 43.7 Å². The first-order chi connectivity index (χ1) is 13.5. The van der Waals surface area contributed by atoms with Gasteiger partial charge in [-0.05, 0) is 30.5 Å². The Morgan fingerprint density at radius 3 is 2.25 bits per heavy atom. The zero-order valence-electron chi connectivity index (χ0n) is 16.7. The van der Waals surface area contributed by atoms with Gasteiger partial charge in [-0.2, -0.15) is 0 Å². The van der Waals surface area contributed by atoms with Crippen molar-refractivity contribution in [3.8, 4) is 11.5 Å². The van der Waals surface area contributed by atoms with Crippen LogP contribution in [0.15, 0.2) is 29.5 Å². The number of hydrogen-bond donors (Lipinski definition) is 1. The summed E-state index contributed by atoms with van der Waals surface area (Å²) in [5.41, 5.74) is 2.23. The normalized spacial score (nSPS) is 23.0. The molecule has 1 fully saturated rings. The highest BCUT2D eigenvalue weighted by molar-refractivity contribution is 6.01. The van der Waals surface area contributed by atoms with Crippen LogP contribution in [0.3, 0.4) is 0 Å². The fourth-order valence-electron chi connectivity index (χ4n) is 4.52. The molecule has 1 N–H and O–H groups in total. The Morgan fingerprint density at radius 2 is 1.64 bits per heavy atom. The third-order valence-electron chi connectivity index (χ3n) is 6.11. The lowest BCUT2D eigenvalue weighted by Gasteiger charge is -2.31. The predicted octanol–water partition coefficient (Wildman–Crippen LogP) is 2.83. The molecule has 7 heteroatoms. The zero-order chi connectivity index (χ0) is 19.8. The fraction of sp³-hybridized carbons (Fsp3) is 0.524. The van der Waals surface area contributed by atoms with Crippen LogP contribution < -0.4 is 14.8 Å². The van der Waals surface area contributed by atoms with Gasteiger partial charge in [0.05, 0.1) is 38.1 Å². The van der Waals surface area contributed by atoms with E-state index in [4.69, 9.17) is 9.47 Å². The van der Waals surface area contributed by atoms with Crippen LogP contribution in [0.25, 0.3) is 0 Å². The number of amides is 3. The van der Waals surface area contributed by atoms with Gasteiger partial charge in [0.25, 0.3) is 5.91 Å². The molecule has 7 nitrogen and oxygen atoms in total. The van der Waals surface area contributed by atoms with Gasteiger partial charge in [-0.25, -0.2) is 4.79 Å². The van der Waals surface area contributed by atoms with Gasteiger partial charge in [-0.3, -0.25) is 9.69 Å². The fourth-order valence-corrected chi connectivity index (χ4v) is 4.52. The molecule has 0 radical (unpaired) electrons. The molecule has 0 bridgehead atoms. The largest absolute Gasteiger partial charge is 0.497 e. The first kappa shape index (κ1) is 18.7. The van der Waals surface area contributed by atoms with E-state index >= 15 is 0 Å². The Kier molecular flexibility index (Phi) is 4.91. The molecule has 0 unspecified atom stereocenters. The van der Waals surface area contributed by atoms with Crippen molar-refractivity contribution in [2.75, 3.05) is 27.8 Å². The Balaban J connectivity index is 1.72. The van der Waals surface area contributed by atoms with Crippen LogP contribution in [-0.4, -0.2) is 55.6 Å². The maximum atomic E-state index is 13.4. The van der Waals surface area contributed by atoms with E-state index in [1.165, 1.54) is 6.42 Å². The molecule has 2 heterocycles. The lowest BCUT2D eigenvalue weighted by atomic mass is 9.93. The summed E-state index contributed by atoms with van der Waals surface area (Å²) in [6.07, 6.45) is 5.62. The molecule has 1 aliphatic carbocycles. The van der Waals surface area contributed by atoms with Gasteiger partial charge in [-0.15, -0.1) is 0 Å². The number of nitrogens with zero attached hydrogens (tertiary/aromatic N) is 2. The van der Waals surface area contributed by atoms with Crippen molar-refractivity contribution in [3.63, 3.8) is 0 Å². The SMILES string of the molecule is COc1cc(OC)cc([C@H]2NC(=O)N(C)C3=C2C(=O)N(C2CCCCC2)C3)c1. The maximum Gasteiger partial charge on any atom is 0.322 e. The molecule has 3 amide bonds. The highest BCUT2D eigenvalue weighted by Crippen LogP contribution is 2.40. The van der Waals surface area contributed by atoms with Crippen LogP contribution in [0.4, 0.5) is 4.79 Å². The molecule has 28 heavy (non-hydrogen) atoms. The predicted molar refractivity (Wildman–Crippen MR) is 104 cm³/mol. The number of carbonyl (C=O) groups excluding carboxylic acids is 2. The average molecular weight is 385 g/mol. The van der Waals surface area contributed by atoms with E-state index in [-0.39, 0.29) is 18.0 Å². The van der Waals surface area contributed by atoms with Gasteiger partial charge < -0.3 is 19.7 Å². The van der Waals surface area contributed by atoms with Crippen LogP contribution in [0, 0.1) is 0 Å². The highest BCUT2D eigenvalue weighted by atomic mass is 16.5. The summed E-state index contributed by atoms with van der Waals surface area (Å²) in [5.74, 6) is 1.28. The Bertz CT molecular complexity index is 807. The molecular formula is C21H27N3O4. The Hall–Kier alpha value is -2.70. The van der Waals surface area contributed by atoms with Gasteiger partial charge in [-0.1, -0.05) is 19.3 Å². The number of hydrogen-bond acceptors (Lipinski definition) is 4. The topological polar surface area (TPSA) is 71.1 Å². The van der Waals surface area contributed by atoms with Crippen molar-refractivity contribution >= 4 is 11.9 Å². The van der Waals surface area contributed by atoms with Crippen LogP contribution in [0.5, 0.6) is 11.5 Å². The molecule has 1 aromatic carbocycles. The molecule has 1 saturated carbocycles. The number of urea groups is 1. The molecule has 2 aliphatic heterocycles. The zero-order valence-corrected chi connectivity index (χ0v) is 16.7. The van der Waals surface area contributed by atoms with Gasteiger partial charge in [0.1, 0.15) is 11.5 Å². The van der Waals surface area contributed by atoms with Crippen molar-refractivity contribution in [1.82, 2.24) is 15.1 Å². The van der Waals surface area contributed by atoms with Crippen LogP contribution in [0.2, 0.25) is 0 Å². The van der Waals surface area contributed by atoms with Crippen molar-refractivity contribution in [2.45, 2.75) is 44.2 Å². The van der Waals surface area contributed by atoms with E-state index in [9.17, 15) is 9.59 Å². The highest BCUT2D eigenvalue weighted by Gasteiger charge is 2.45. The summed E-state index contributed by atoms with van der Waals surface area (Å²) >= 11 is 0. The van der Waals surface area contributed by atoms with Crippen molar-refractivity contribution in [2.24, 2.45) is 0 Å². The summed E-state index contributed by atoms with van der Waals surface area (Å²) in [6, 6.07) is 5.02. The number of ether oxygens (including phenoxy) is 2. The Labute approximate surface area is 165 Å². The lowest BCUT2D eigenvalue weighted by molar-refractivity contribution is -0.128. The van der Waals surface area contributed by atoms with Gasteiger partial charge in [0.15, 0.2) is 0 Å². The standard InChI is InChI=1S/C21H27N3O4/c1-23-17-12-24(14-7-5-4-6-8-14)20(25)18(17)19(22-21(23)26)13-9-15(27-2)11-16(10-13)28-3/h9-11,14,19H,4-8,12H2,1-3H3,(H,22,26)/t19-/m1/s1. The van der Waals surface area contributed by atoms with Crippen LogP contribution >= 0.6 is 0 Å². The first-order valence-corrected chi connectivity index (χ1v) is 9.84. The summed E-state index contributed by atoms with van der Waals surface area (Å²) in [4.78, 5) is 29.6. The van der Waals surface area contributed by atoms with Gasteiger partial charge in [0.2, 0.25) is 0 Å². The second-order valence-corrected chi connectivity index (χ2v) is 7.67. The number of rotatable bonds is 4. The molecule has 0 aromatic heterocycles. The van der Waals surface area contributed by atoms with Gasteiger partial charge >= 0.3 is 6.03 Å². The molecule has 1 atom stereocenters. The molecule has 3 aliphatic rings. The van der Waals surface area contributed by atoms with E-state index in [1.54, 1.807) is 32.2 Å². The summed E-state index contributed by atoms with van der Waals surface area (Å²) in [7, 11) is 4.90. The quantitative estimate of drug-likeness (QED) is 0.865. The van der Waals surface area contributed by atoms with Crippen LogP contribution in [-0.2, 0) is 4.79 Å². The molecule has 1 aromatic rings. The number of likely N-dealkylation sites (N-methyl/N-ethyl adjacent to an activating group) is 1. The maximum absolute atomic E-state index is 13.4. The smallest absolute Gasteiger partial charge is 0.322 e. The van der Waals surface area contributed by atoms with E-state index in [0.717, 1.165) is 36.9 Å². The van der Waals surface area contributed by atoms with E-state index in [1.807, 2.05) is 17.0 Å². The number of carbonyl (C=O) groups is 2. The minimum Gasteiger partial charge on any atom is -0.497 e. The number of nitrogens with one attached hydrogen (secondary N) is 1. The van der Waals surface area contributed by atoms with E-state index in [0.29, 0.717) is 23.6 Å². The van der Waals surface area contributed by atoms with E-state index < -0.39 is 6.04 Å². The summed E-state index contributed by atoms with van der Waals surface area (Å²) in [5, 5.41) is 2.98. The minimum atomic E-state index is -0.510. The summed E-state index contributed by atoms with van der Waals surface area (Å²) < 4.78 is 10.8. The molecule has 0 saturated heterocycles. The minimum absolute atomic E-state index is 0.0283. The van der Waals surface area contributed by atoms with E-state index in [2.05, 4.69) is 5.32 Å². The second kappa shape index (κ2) is 7.37. The first-order valence-electron chi connectivity index (χ1n) is 9.84. The molecule has 0 spiro atoms. The third kappa shape index (κ3) is 3.08. The monoisotopic (exact) mass is 385 g/mol. The van der Waals surface area contributed by atoms with Crippen molar-refractivity contribution in [1.29, 1.82) is 0 Å². The van der Waals surface area contributed by atoms with Gasteiger partial charge in [0, 0.05) is 19.2 Å². The lowest BCUT2D eigenvalue weighted by Crippen LogP contribution is -2.45. The molecular weight excluding hydrogens is 358 g/mol. The van der Waals surface area contributed by atoms with Crippen molar-refractivity contribution < 1.29 is 19.1 Å².